The van der Waals surface area contributed by atoms with Gasteiger partial charge in [-0.25, -0.2) is 0 Å². The average Bonchev–Trinajstić information content (AvgIpc) is 0.824. The Hall–Kier alpha value is -5.22. The molecule has 0 saturated carbocycles. The molecule has 94 heavy (non-hydrogen) atoms. The standard InChI is InChI=1S/C77H134N8O9/c1-74(2,3)50-29-26-41-62(86)34-20-16-23-38-66(90)47-55-79-71-80-72(82-73(81-71)85-60-58-83(59-61-85)70(94)45-33-44-69(93)78-54-32-15-13-14-19-37-65(89)46-53-77(10,11)12)84(56-48-67(91)39-24-17-21-35-63(87)42-27-30-51-75(4,5)6)57-49-68(92)40-25-18-22-36-64(88)43-28-31-52-76(7,8)9/h46,53H,13-45,47-52,54-61H2,1-12H3,(H,78,93)(H,79,80,81,82)/b53-46+. The number of hydrogen-bond donors (Lipinski definition) is 2. The van der Waals surface area contributed by atoms with E-state index in [0.717, 1.165) is 128 Å². The van der Waals surface area contributed by atoms with Crippen molar-refractivity contribution in [3.63, 3.8) is 0 Å². The van der Waals surface area contributed by atoms with Crippen LogP contribution in [0.5, 0.6) is 0 Å². The molecule has 1 saturated heterocycles. The van der Waals surface area contributed by atoms with Crippen LogP contribution in [0.25, 0.3) is 0 Å². The fourth-order valence-corrected chi connectivity index (χ4v) is 11.4. The summed E-state index contributed by atoms with van der Waals surface area (Å²) >= 11 is 0. The van der Waals surface area contributed by atoms with E-state index in [0.29, 0.717) is 140 Å². The number of aromatic nitrogens is 3. The number of nitrogens with zero attached hydrogens (tertiary/aromatic N) is 6. The highest BCUT2D eigenvalue weighted by molar-refractivity contribution is 5.89. The Morgan fingerprint density at radius 1 is 0.394 bits per heavy atom. The third-order valence-corrected chi connectivity index (χ3v) is 17.4. The van der Waals surface area contributed by atoms with Crippen LogP contribution in [-0.2, 0) is 43.2 Å². The topological polar surface area (TPSA) is 226 Å². The van der Waals surface area contributed by atoms with Gasteiger partial charge in [0.2, 0.25) is 29.7 Å². The van der Waals surface area contributed by atoms with Gasteiger partial charge in [-0.1, -0.05) is 147 Å². The zero-order chi connectivity index (χ0) is 69.8. The SMILES string of the molecule is CC(C)(C)/C=C/C(=O)CCCCCCCNC(=O)CCCC(=O)N1CCN(c2nc(NCCC(=O)CCCCCC(=O)CCCCC(C)(C)C)nc(N(CCC(=O)CCCCCC(=O)CCCCC(C)(C)C)CCC(=O)CCCCCC(=O)CCCCC(C)(C)C)n2)CC1. The summed E-state index contributed by atoms with van der Waals surface area (Å²) in [6, 6.07) is 0. The maximum absolute atomic E-state index is 13.6. The Morgan fingerprint density at radius 2 is 0.777 bits per heavy atom. The Morgan fingerprint density at radius 3 is 1.21 bits per heavy atom. The molecule has 2 N–H and O–H groups in total. The highest BCUT2D eigenvalue weighted by Crippen LogP contribution is 2.26. The smallest absolute Gasteiger partial charge is 0.232 e. The maximum atomic E-state index is 13.6. The van der Waals surface area contributed by atoms with Crippen LogP contribution < -0.4 is 20.4 Å². The van der Waals surface area contributed by atoms with E-state index < -0.39 is 0 Å². The van der Waals surface area contributed by atoms with Crippen molar-refractivity contribution in [1.29, 1.82) is 0 Å². The number of Topliss-reactive ketones (excluding diaryl/α,β-unsaturated/α-hetero) is 6. The highest BCUT2D eigenvalue weighted by atomic mass is 16.2. The minimum absolute atomic E-state index is 0.00740. The minimum atomic E-state index is -0.0668. The molecule has 536 valence electrons. The molecule has 0 unspecified atom stereocenters. The summed E-state index contributed by atoms with van der Waals surface area (Å²) < 4.78 is 0. The molecule has 2 amide bonds. The fraction of sp³-hybridized carbons (Fsp3) is 0.818. The summed E-state index contributed by atoms with van der Waals surface area (Å²) in [5.41, 5.74) is 0.785. The Bertz CT molecular complexity index is 2360. The lowest BCUT2D eigenvalue weighted by Gasteiger charge is -2.35. The molecule has 17 heteroatoms. The van der Waals surface area contributed by atoms with Crippen LogP contribution in [0.2, 0.25) is 0 Å². The number of nitrogens with one attached hydrogen (secondary N) is 2. The van der Waals surface area contributed by atoms with E-state index in [9.17, 15) is 43.2 Å². The Balaban J connectivity index is 2.15. The van der Waals surface area contributed by atoms with Crippen molar-refractivity contribution in [3.05, 3.63) is 12.2 Å². The van der Waals surface area contributed by atoms with Crippen molar-refractivity contribution in [3.8, 4) is 0 Å². The molecule has 0 aliphatic carbocycles. The van der Waals surface area contributed by atoms with E-state index in [1.54, 1.807) is 6.08 Å². The number of unbranched alkanes of at least 4 members (excludes halogenated alkanes) is 13. The molecule has 1 aliphatic rings. The monoisotopic (exact) mass is 1320 g/mol. The second kappa shape index (κ2) is 47.7. The third kappa shape index (κ3) is 47.6. The van der Waals surface area contributed by atoms with Crippen molar-refractivity contribution in [2.75, 3.05) is 67.5 Å². The van der Waals surface area contributed by atoms with Gasteiger partial charge < -0.3 is 25.3 Å². The molecule has 0 aromatic carbocycles. The lowest BCUT2D eigenvalue weighted by Crippen LogP contribution is -2.49. The zero-order valence-corrected chi connectivity index (χ0v) is 61.7. The van der Waals surface area contributed by atoms with Crippen molar-refractivity contribution in [2.45, 2.75) is 333 Å². The number of hydrogen-bond acceptors (Lipinski definition) is 15. The van der Waals surface area contributed by atoms with Gasteiger partial charge in [-0.2, -0.15) is 15.0 Å². The van der Waals surface area contributed by atoms with Gasteiger partial charge in [0.25, 0.3) is 0 Å². The van der Waals surface area contributed by atoms with Crippen LogP contribution in [0.3, 0.4) is 0 Å². The third-order valence-electron chi connectivity index (χ3n) is 17.4. The van der Waals surface area contributed by atoms with E-state index >= 15 is 0 Å². The summed E-state index contributed by atoms with van der Waals surface area (Å²) in [5.74, 6) is 2.13. The van der Waals surface area contributed by atoms with Gasteiger partial charge in [-0.15, -0.1) is 0 Å². The molecule has 1 aromatic heterocycles. The molecule has 17 nitrogen and oxygen atoms in total. The largest absolute Gasteiger partial charge is 0.356 e. The van der Waals surface area contributed by atoms with E-state index in [-0.39, 0.29) is 126 Å². The first kappa shape index (κ1) is 84.9. The first-order valence-corrected chi connectivity index (χ1v) is 37.2. The molecule has 2 rings (SSSR count). The van der Waals surface area contributed by atoms with Crippen LogP contribution in [0.15, 0.2) is 12.2 Å². The molecule has 1 aromatic rings. The molecule has 1 fully saturated rings. The van der Waals surface area contributed by atoms with Gasteiger partial charge in [-0.05, 0) is 124 Å². The van der Waals surface area contributed by atoms with Gasteiger partial charge in [0, 0.05) is 149 Å². The molecule has 1 aliphatic heterocycles. The molecular formula is C77H134N8O9. The number of rotatable bonds is 55. The zero-order valence-electron chi connectivity index (χ0n) is 61.7. The highest BCUT2D eigenvalue weighted by Gasteiger charge is 2.26. The number of ketones is 7. The molecule has 2 heterocycles. The summed E-state index contributed by atoms with van der Waals surface area (Å²) in [7, 11) is 0. The van der Waals surface area contributed by atoms with Crippen molar-refractivity contribution < 1.29 is 43.2 Å². The van der Waals surface area contributed by atoms with Gasteiger partial charge in [0.05, 0.1) is 0 Å². The summed E-state index contributed by atoms with van der Waals surface area (Å²) in [6.07, 6.45) is 31.1. The van der Waals surface area contributed by atoms with Crippen molar-refractivity contribution >= 4 is 70.1 Å². The predicted molar refractivity (Wildman–Crippen MR) is 384 cm³/mol. The van der Waals surface area contributed by atoms with Crippen LogP contribution in [-0.4, -0.2) is 125 Å². The number of allylic oxidation sites excluding steroid dienone is 2. The lowest BCUT2D eigenvalue weighted by molar-refractivity contribution is -0.132. The molecule has 0 spiro atoms. The molecular weight excluding hydrogens is 1180 g/mol. The van der Waals surface area contributed by atoms with Crippen molar-refractivity contribution in [2.24, 2.45) is 21.7 Å². The van der Waals surface area contributed by atoms with Crippen LogP contribution in [0.1, 0.15) is 333 Å². The van der Waals surface area contributed by atoms with E-state index in [1.807, 2.05) is 20.8 Å². The fourth-order valence-electron chi connectivity index (χ4n) is 11.4. The van der Waals surface area contributed by atoms with Crippen LogP contribution >= 0.6 is 0 Å². The van der Waals surface area contributed by atoms with E-state index in [2.05, 4.69) is 93.7 Å². The first-order chi connectivity index (χ1) is 44.4. The number of amides is 2. The number of anilines is 3. The van der Waals surface area contributed by atoms with Crippen LogP contribution in [0.4, 0.5) is 17.8 Å². The second-order valence-corrected chi connectivity index (χ2v) is 31.9. The molecule has 0 atom stereocenters. The van der Waals surface area contributed by atoms with Gasteiger partial charge in [-0.3, -0.25) is 43.2 Å². The van der Waals surface area contributed by atoms with Crippen molar-refractivity contribution in [1.82, 2.24) is 25.2 Å². The normalized spacial score (nSPS) is 13.1. The summed E-state index contributed by atoms with van der Waals surface area (Å²) in [6.45, 7) is 29.3. The average molecular weight is 1320 g/mol. The second-order valence-electron chi connectivity index (χ2n) is 31.9. The first-order valence-electron chi connectivity index (χ1n) is 37.2. The Labute approximate surface area is 570 Å². The maximum Gasteiger partial charge on any atom is 0.232 e. The van der Waals surface area contributed by atoms with Gasteiger partial charge >= 0.3 is 0 Å². The Kier molecular flexibility index (Phi) is 43.0. The lowest BCUT2D eigenvalue weighted by atomic mass is 9.89. The summed E-state index contributed by atoms with van der Waals surface area (Å²) in [5, 5.41) is 6.28. The number of piperazine rings is 1. The molecule has 0 bridgehead atoms. The quantitative estimate of drug-likeness (QED) is 0.0457. The van der Waals surface area contributed by atoms with E-state index in [4.69, 9.17) is 15.0 Å². The van der Waals surface area contributed by atoms with Gasteiger partial charge in [0.1, 0.15) is 34.7 Å². The molecule has 0 radical (unpaired) electrons. The number of carbonyl (C=O) groups is 9. The minimum Gasteiger partial charge on any atom is -0.356 e. The number of carbonyl (C=O) groups excluding carboxylic acids is 9. The van der Waals surface area contributed by atoms with Gasteiger partial charge in [0.15, 0.2) is 5.78 Å². The van der Waals surface area contributed by atoms with Crippen LogP contribution in [0, 0.1) is 21.7 Å². The summed E-state index contributed by atoms with van der Waals surface area (Å²) in [4.78, 5) is 137. The predicted octanol–water partition coefficient (Wildman–Crippen LogP) is 16.8. The van der Waals surface area contributed by atoms with E-state index in [1.165, 1.54) is 0 Å².